The Kier molecular flexibility index (Phi) is 7.52. The summed E-state index contributed by atoms with van der Waals surface area (Å²) in [4.78, 5) is 27.7. The van der Waals surface area contributed by atoms with Crippen molar-refractivity contribution in [3.8, 4) is 11.3 Å². The van der Waals surface area contributed by atoms with Crippen molar-refractivity contribution in [3.05, 3.63) is 78.2 Å². The van der Waals surface area contributed by atoms with E-state index in [2.05, 4.69) is 49.2 Å². The van der Waals surface area contributed by atoms with Crippen LogP contribution in [0.25, 0.3) is 27.9 Å². The predicted octanol–water partition coefficient (Wildman–Crippen LogP) is 2.97. The first-order chi connectivity index (χ1) is 21.0. The Hall–Kier alpha value is -4.32. The summed E-state index contributed by atoms with van der Waals surface area (Å²) in [6.45, 7) is 5.73. The lowest BCUT2D eigenvalue weighted by molar-refractivity contribution is 0.0365. The monoisotopic (exact) mass is 580 g/mol. The lowest BCUT2D eigenvalue weighted by Gasteiger charge is -2.32. The number of ether oxygens (including phenoxy) is 1. The first kappa shape index (κ1) is 27.5. The molecule has 11 nitrogen and oxygen atoms in total. The number of anilines is 1. The van der Waals surface area contributed by atoms with E-state index >= 15 is 0 Å². The van der Waals surface area contributed by atoms with Gasteiger partial charge in [-0.2, -0.15) is 9.61 Å². The number of hydrogen-bond acceptors (Lipinski definition) is 8. The number of aromatic nitrogens is 5. The van der Waals surface area contributed by atoms with Crippen LogP contribution >= 0.6 is 0 Å². The molecule has 43 heavy (non-hydrogen) atoms. The summed E-state index contributed by atoms with van der Waals surface area (Å²) in [6, 6.07) is 16.1. The Morgan fingerprint density at radius 3 is 2.70 bits per heavy atom. The molecular formula is C32H36N8O3. The maximum absolute atomic E-state index is 13.4. The lowest BCUT2D eigenvalue weighted by atomic mass is 9.89. The van der Waals surface area contributed by atoms with E-state index in [1.807, 2.05) is 43.6 Å². The van der Waals surface area contributed by atoms with Gasteiger partial charge in [0.15, 0.2) is 5.65 Å². The van der Waals surface area contributed by atoms with Gasteiger partial charge in [0, 0.05) is 69.2 Å². The van der Waals surface area contributed by atoms with E-state index in [1.165, 1.54) is 0 Å². The number of fused-ring (bicyclic) bond motifs is 2. The molecule has 1 saturated heterocycles. The van der Waals surface area contributed by atoms with Crippen LogP contribution < -0.4 is 10.2 Å². The first-order valence-corrected chi connectivity index (χ1v) is 14.9. The largest absolute Gasteiger partial charge is 0.391 e. The molecule has 2 N–H and O–H groups in total. The molecule has 0 bridgehead atoms. The number of aliphatic hydroxyl groups excluding tert-OH is 1. The van der Waals surface area contributed by atoms with Crippen molar-refractivity contribution in [2.45, 2.75) is 38.1 Å². The second-order valence-corrected chi connectivity index (χ2v) is 11.4. The molecule has 0 spiro atoms. The maximum Gasteiger partial charge on any atom is 0.257 e. The van der Waals surface area contributed by atoms with Crippen LogP contribution in [0, 0.1) is 0 Å². The number of carbonyl (C=O) groups excluding carboxylic acids is 1. The summed E-state index contributed by atoms with van der Waals surface area (Å²) in [6.07, 6.45) is 6.45. The van der Waals surface area contributed by atoms with Gasteiger partial charge in [-0.15, -0.1) is 0 Å². The highest BCUT2D eigenvalue weighted by molar-refractivity contribution is 6.01. The molecular weight excluding hydrogens is 544 g/mol. The summed E-state index contributed by atoms with van der Waals surface area (Å²) in [5.41, 5.74) is 4.59. The molecule has 1 amide bonds. The molecule has 1 aromatic carbocycles. The van der Waals surface area contributed by atoms with Gasteiger partial charge >= 0.3 is 0 Å². The highest BCUT2D eigenvalue weighted by Crippen LogP contribution is 2.32. The van der Waals surface area contributed by atoms with E-state index in [1.54, 1.807) is 10.7 Å². The van der Waals surface area contributed by atoms with Crippen LogP contribution in [0.4, 0.5) is 5.82 Å². The Balaban J connectivity index is 1.30. The van der Waals surface area contributed by atoms with Crippen molar-refractivity contribution in [2.24, 2.45) is 0 Å². The Labute approximate surface area is 249 Å². The number of nitrogens with zero attached hydrogens (tertiary/aromatic N) is 7. The normalized spacial score (nSPS) is 19.0. The number of pyridine rings is 1. The fourth-order valence-corrected chi connectivity index (χ4v) is 5.92. The maximum atomic E-state index is 13.4. The lowest BCUT2D eigenvalue weighted by Crippen LogP contribution is -2.50. The molecule has 0 unspecified atom stereocenters. The standard InChI is InChI=1S/C32H36N8O3/c1-37(20-22-6-3-2-4-7-22)29-18-27(35-31-24(19-34-40(29)31)32(42)36-26-9-10-28(26)41)25-21-39(30-23(25)8-5-11-33-30)13-12-38-14-16-43-17-15-38/h2-8,11,18-19,21,26,28,41H,9-10,12-17,20H2,1H3,(H,36,42)/t26-,28-/m1/s1. The minimum Gasteiger partial charge on any atom is -0.391 e. The molecule has 2 fully saturated rings. The molecule has 5 aromatic rings. The molecule has 5 heterocycles. The molecule has 4 aromatic heterocycles. The van der Waals surface area contributed by atoms with Crippen LogP contribution in [0.1, 0.15) is 28.8 Å². The summed E-state index contributed by atoms with van der Waals surface area (Å²) in [7, 11) is 2.02. The van der Waals surface area contributed by atoms with E-state index in [0.717, 1.165) is 79.5 Å². The summed E-state index contributed by atoms with van der Waals surface area (Å²) >= 11 is 0. The second kappa shape index (κ2) is 11.8. The van der Waals surface area contributed by atoms with Gasteiger partial charge in [-0.1, -0.05) is 30.3 Å². The van der Waals surface area contributed by atoms with Crippen LogP contribution in [-0.2, 0) is 17.8 Å². The Morgan fingerprint density at radius 1 is 1.09 bits per heavy atom. The van der Waals surface area contributed by atoms with Gasteiger partial charge < -0.3 is 24.6 Å². The van der Waals surface area contributed by atoms with Gasteiger partial charge in [0.25, 0.3) is 5.91 Å². The second-order valence-electron chi connectivity index (χ2n) is 11.4. The minimum absolute atomic E-state index is 0.249. The Bertz CT molecular complexity index is 1740. The zero-order valence-electron chi connectivity index (χ0n) is 24.3. The van der Waals surface area contributed by atoms with E-state index in [0.29, 0.717) is 24.2 Å². The average molecular weight is 581 g/mol. The number of nitrogens with one attached hydrogen (secondary N) is 1. The van der Waals surface area contributed by atoms with Gasteiger partial charge in [0.1, 0.15) is 17.0 Å². The average Bonchev–Trinajstić information content (AvgIpc) is 3.64. The van der Waals surface area contributed by atoms with Crippen LogP contribution in [0.2, 0.25) is 0 Å². The molecule has 2 atom stereocenters. The third-order valence-electron chi connectivity index (χ3n) is 8.58. The van der Waals surface area contributed by atoms with Crippen molar-refractivity contribution in [1.82, 2.24) is 34.4 Å². The quantitative estimate of drug-likeness (QED) is 0.274. The summed E-state index contributed by atoms with van der Waals surface area (Å²) in [5, 5.41) is 18.7. The molecule has 1 aliphatic heterocycles. The van der Waals surface area contributed by atoms with Gasteiger partial charge in [-0.05, 0) is 30.5 Å². The molecule has 7 rings (SSSR count). The highest BCUT2D eigenvalue weighted by atomic mass is 16.5. The first-order valence-electron chi connectivity index (χ1n) is 14.9. The van der Waals surface area contributed by atoms with Crippen LogP contribution in [-0.4, -0.2) is 92.1 Å². The molecule has 0 radical (unpaired) electrons. The van der Waals surface area contributed by atoms with E-state index < -0.39 is 6.10 Å². The molecule has 1 saturated carbocycles. The smallest absolute Gasteiger partial charge is 0.257 e. The van der Waals surface area contributed by atoms with Crippen LogP contribution in [0.3, 0.4) is 0 Å². The van der Waals surface area contributed by atoms with Gasteiger partial charge in [0.2, 0.25) is 0 Å². The van der Waals surface area contributed by atoms with Gasteiger partial charge in [-0.25, -0.2) is 9.97 Å². The third-order valence-corrected chi connectivity index (χ3v) is 8.58. The Morgan fingerprint density at radius 2 is 1.93 bits per heavy atom. The molecule has 2 aliphatic rings. The van der Waals surface area contributed by atoms with Crippen LogP contribution in [0.5, 0.6) is 0 Å². The van der Waals surface area contributed by atoms with Crippen molar-refractivity contribution >= 4 is 28.4 Å². The van der Waals surface area contributed by atoms with Gasteiger partial charge in [-0.3, -0.25) is 9.69 Å². The SMILES string of the molecule is CN(Cc1ccccc1)c1cc(-c2cn(CCN3CCOCC3)c3ncccc23)nc2c(C(=O)N[C@@H]3CC[C@H]3O)cnn12. The fraction of sp³-hybridized carbons (Fsp3) is 0.375. The summed E-state index contributed by atoms with van der Waals surface area (Å²) < 4.78 is 9.45. The van der Waals surface area contributed by atoms with E-state index in [4.69, 9.17) is 14.7 Å². The van der Waals surface area contributed by atoms with E-state index in [-0.39, 0.29) is 11.9 Å². The number of amides is 1. The number of rotatable bonds is 9. The van der Waals surface area contributed by atoms with Crippen molar-refractivity contribution in [2.75, 3.05) is 44.8 Å². The van der Waals surface area contributed by atoms with E-state index in [9.17, 15) is 9.90 Å². The number of carbonyl (C=O) groups is 1. The topological polar surface area (TPSA) is 113 Å². The van der Waals surface area contributed by atoms with Crippen molar-refractivity contribution < 1.29 is 14.6 Å². The minimum atomic E-state index is -0.516. The third kappa shape index (κ3) is 5.47. The van der Waals surface area contributed by atoms with Gasteiger partial charge in [0.05, 0.1) is 37.3 Å². The number of benzene rings is 1. The van der Waals surface area contributed by atoms with Crippen molar-refractivity contribution in [3.63, 3.8) is 0 Å². The fourth-order valence-electron chi connectivity index (χ4n) is 5.92. The molecule has 11 heteroatoms. The van der Waals surface area contributed by atoms with Crippen molar-refractivity contribution in [1.29, 1.82) is 0 Å². The molecule has 1 aliphatic carbocycles. The predicted molar refractivity (Wildman–Crippen MR) is 164 cm³/mol. The highest BCUT2D eigenvalue weighted by Gasteiger charge is 2.31. The zero-order chi connectivity index (χ0) is 29.3. The number of morpholine rings is 1. The number of aliphatic hydroxyl groups is 1. The summed E-state index contributed by atoms with van der Waals surface area (Å²) in [5.74, 6) is 0.527. The zero-order valence-corrected chi connectivity index (χ0v) is 24.3. The van der Waals surface area contributed by atoms with Crippen LogP contribution in [0.15, 0.2) is 67.1 Å². The molecule has 222 valence electrons. The number of hydrogen-bond donors (Lipinski definition) is 2.